The second kappa shape index (κ2) is 5.36. The van der Waals surface area contributed by atoms with Crippen molar-refractivity contribution < 1.29 is 9.59 Å². The molecular formula is C18H13Cl2NO2. The topological polar surface area (TPSA) is 37.4 Å². The van der Waals surface area contributed by atoms with E-state index in [1.54, 1.807) is 17.0 Å². The largest absolute Gasteiger partial charge is 0.301 e. The minimum absolute atomic E-state index is 0.0152. The van der Waals surface area contributed by atoms with Gasteiger partial charge in [-0.05, 0) is 17.7 Å². The molecule has 0 bridgehead atoms. The van der Waals surface area contributed by atoms with E-state index in [4.69, 9.17) is 23.2 Å². The molecule has 0 unspecified atom stereocenters. The fourth-order valence-electron chi connectivity index (χ4n) is 3.64. The number of carbonyl (C=O) groups excluding carboxylic acids is 2. The number of carbonyl (C=O) groups is 2. The van der Waals surface area contributed by atoms with E-state index in [-0.39, 0.29) is 24.0 Å². The molecule has 2 atom stereocenters. The van der Waals surface area contributed by atoms with Crippen LogP contribution in [-0.4, -0.2) is 17.7 Å². The van der Waals surface area contributed by atoms with E-state index in [0.29, 0.717) is 27.7 Å². The van der Waals surface area contributed by atoms with E-state index in [1.807, 2.05) is 30.3 Å². The van der Waals surface area contributed by atoms with Crippen LogP contribution in [0, 0.1) is 0 Å². The SMILES string of the molecule is O=C1Cc2c(ccc(Cl)c2Cl)N2C(=O)C[C@@H](c3ccccc3)[C@H]12. The second-order valence-corrected chi connectivity index (χ2v) is 6.72. The van der Waals surface area contributed by atoms with Gasteiger partial charge in [0, 0.05) is 30.0 Å². The molecule has 0 saturated carbocycles. The molecule has 2 aromatic carbocycles. The van der Waals surface area contributed by atoms with Crippen molar-refractivity contribution in [2.24, 2.45) is 0 Å². The number of anilines is 1. The van der Waals surface area contributed by atoms with Gasteiger partial charge in [0.25, 0.3) is 0 Å². The predicted molar refractivity (Wildman–Crippen MR) is 90.2 cm³/mol. The first kappa shape index (κ1) is 14.7. The van der Waals surface area contributed by atoms with Crippen LogP contribution >= 0.6 is 23.2 Å². The maximum atomic E-state index is 12.7. The summed E-state index contributed by atoms with van der Waals surface area (Å²) in [7, 11) is 0. The van der Waals surface area contributed by atoms with E-state index in [9.17, 15) is 9.59 Å². The van der Waals surface area contributed by atoms with Gasteiger partial charge >= 0.3 is 0 Å². The van der Waals surface area contributed by atoms with Crippen LogP contribution in [0.1, 0.15) is 23.5 Å². The number of ketones is 1. The fourth-order valence-corrected chi connectivity index (χ4v) is 4.04. The molecule has 2 aliphatic heterocycles. The molecule has 116 valence electrons. The number of amides is 1. The minimum Gasteiger partial charge on any atom is -0.301 e. The predicted octanol–water partition coefficient (Wildman–Crippen LogP) is 4.01. The van der Waals surface area contributed by atoms with Gasteiger partial charge in [-0.15, -0.1) is 0 Å². The molecule has 2 aromatic rings. The van der Waals surface area contributed by atoms with E-state index in [1.165, 1.54) is 0 Å². The first-order valence-corrected chi connectivity index (χ1v) is 8.20. The summed E-state index contributed by atoms with van der Waals surface area (Å²) in [5.74, 6) is -0.142. The van der Waals surface area contributed by atoms with Crippen molar-refractivity contribution in [2.45, 2.75) is 24.8 Å². The van der Waals surface area contributed by atoms with Gasteiger partial charge in [-0.25, -0.2) is 0 Å². The molecule has 2 aliphatic rings. The number of halogens is 2. The molecule has 0 aliphatic carbocycles. The molecule has 1 saturated heterocycles. The molecule has 0 N–H and O–H groups in total. The van der Waals surface area contributed by atoms with E-state index >= 15 is 0 Å². The lowest BCUT2D eigenvalue weighted by Crippen LogP contribution is -2.45. The van der Waals surface area contributed by atoms with Crippen LogP contribution in [0.25, 0.3) is 0 Å². The molecule has 23 heavy (non-hydrogen) atoms. The highest BCUT2D eigenvalue weighted by atomic mass is 35.5. The Bertz CT molecular complexity index is 819. The Morgan fingerprint density at radius 2 is 1.74 bits per heavy atom. The summed E-state index contributed by atoms with van der Waals surface area (Å²) in [5, 5.41) is 0.773. The standard InChI is InChI=1S/C18H13Cl2NO2/c19-13-6-7-14-12(17(13)20)8-15(22)18-11(9-16(23)21(14)18)10-4-2-1-3-5-10/h1-7,11,18H,8-9H2/t11-,18+/m0/s1. The van der Waals surface area contributed by atoms with E-state index in [2.05, 4.69) is 0 Å². The van der Waals surface area contributed by atoms with Gasteiger partial charge in [-0.3, -0.25) is 9.59 Å². The Kier molecular flexibility index (Phi) is 3.43. The summed E-state index contributed by atoms with van der Waals surface area (Å²) in [6, 6.07) is 12.7. The van der Waals surface area contributed by atoms with Crippen molar-refractivity contribution >= 4 is 40.6 Å². The third-order valence-electron chi connectivity index (χ3n) is 4.66. The average Bonchev–Trinajstić information content (AvgIpc) is 2.91. The molecule has 0 aromatic heterocycles. The van der Waals surface area contributed by atoms with Crippen molar-refractivity contribution in [3.05, 3.63) is 63.6 Å². The normalized spacial score (nSPS) is 23.0. The zero-order chi connectivity index (χ0) is 16.1. The Balaban J connectivity index is 1.84. The number of benzene rings is 2. The maximum Gasteiger partial charge on any atom is 0.228 e. The zero-order valence-electron chi connectivity index (χ0n) is 12.1. The number of fused-ring (bicyclic) bond motifs is 3. The molecule has 5 heteroatoms. The van der Waals surface area contributed by atoms with Crippen LogP contribution in [0.3, 0.4) is 0 Å². The summed E-state index contributed by atoms with van der Waals surface area (Å²) < 4.78 is 0. The van der Waals surface area contributed by atoms with Crippen LogP contribution in [-0.2, 0) is 16.0 Å². The van der Waals surface area contributed by atoms with Crippen LogP contribution in [0.15, 0.2) is 42.5 Å². The van der Waals surface area contributed by atoms with Gasteiger partial charge in [0.15, 0.2) is 5.78 Å². The van der Waals surface area contributed by atoms with Crippen molar-refractivity contribution in [3.8, 4) is 0 Å². The molecule has 4 rings (SSSR count). The minimum atomic E-state index is -0.449. The zero-order valence-corrected chi connectivity index (χ0v) is 13.6. The Hall–Kier alpha value is -1.84. The van der Waals surface area contributed by atoms with Gasteiger partial charge in [0.1, 0.15) is 6.04 Å². The first-order chi connectivity index (χ1) is 11.1. The van der Waals surface area contributed by atoms with Gasteiger partial charge in [0.2, 0.25) is 5.91 Å². The third kappa shape index (κ3) is 2.19. The lowest BCUT2D eigenvalue weighted by molar-refractivity contribution is -0.122. The number of hydrogen-bond acceptors (Lipinski definition) is 2. The lowest BCUT2D eigenvalue weighted by atomic mass is 9.85. The summed E-state index contributed by atoms with van der Waals surface area (Å²) in [6.45, 7) is 0. The van der Waals surface area contributed by atoms with Crippen molar-refractivity contribution in [2.75, 3.05) is 4.90 Å². The maximum absolute atomic E-state index is 12.7. The Morgan fingerprint density at radius 1 is 1.00 bits per heavy atom. The van der Waals surface area contributed by atoms with E-state index < -0.39 is 6.04 Å². The van der Waals surface area contributed by atoms with E-state index in [0.717, 1.165) is 5.56 Å². The quantitative estimate of drug-likeness (QED) is 0.783. The summed E-state index contributed by atoms with van der Waals surface area (Å²) in [5.41, 5.74) is 2.39. The molecule has 0 radical (unpaired) electrons. The summed E-state index contributed by atoms with van der Waals surface area (Å²) in [6.07, 6.45) is 0.548. The van der Waals surface area contributed by atoms with Crippen molar-refractivity contribution in [1.29, 1.82) is 0 Å². The number of Topliss-reactive ketones (excluding diaryl/α,β-unsaturated/α-hetero) is 1. The van der Waals surface area contributed by atoms with Crippen LogP contribution in [0.4, 0.5) is 5.69 Å². The summed E-state index contributed by atoms with van der Waals surface area (Å²) >= 11 is 12.3. The highest BCUT2D eigenvalue weighted by Crippen LogP contribution is 2.45. The number of rotatable bonds is 1. The lowest BCUT2D eigenvalue weighted by Gasteiger charge is -2.33. The third-order valence-corrected chi connectivity index (χ3v) is 5.51. The Morgan fingerprint density at radius 3 is 2.48 bits per heavy atom. The van der Waals surface area contributed by atoms with Gasteiger partial charge < -0.3 is 4.90 Å². The van der Waals surface area contributed by atoms with Gasteiger partial charge in [-0.1, -0.05) is 53.5 Å². The highest BCUT2D eigenvalue weighted by molar-refractivity contribution is 6.43. The van der Waals surface area contributed by atoms with Crippen LogP contribution in [0.5, 0.6) is 0 Å². The monoisotopic (exact) mass is 345 g/mol. The van der Waals surface area contributed by atoms with Gasteiger partial charge in [0.05, 0.1) is 10.0 Å². The number of nitrogens with zero attached hydrogens (tertiary/aromatic N) is 1. The second-order valence-electron chi connectivity index (χ2n) is 5.93. The van der Waals surface area contributed by atoms with Crippen molar-refractivity contribution in [1.82, 2.24) is 0 Å². The summed E-state index contributed by atoms with van der Waals surface area (Å²) in [4.78, 5) is 26.9. The molecule has 1 fully saturated rings. The number of hydrogen-bond donors (Lipinski definition) is 0. The first-order valence-electron chi connectivity index (χ1n) is 7.44. The molecule has 0 spiro atoms. The fraction of sp³-hybridized carbons (Fsp3) is 0.222. The van der Waals surface area contributed by atoms with Crippen LogP contribution < -0.4 is 4.90 Å². The van der Waals surface area contributed by atoms with Crippen molar-refractivity contribution in [3.63, 3.8) is 0 Å². The van der Waals surface area contributed by atoms with Crippen LogP contribution in [0.2, 0.25) is 10.0 Å². The Labute approximate surface area is 143 Å². The smallest absolute Gasteiger partial charge is 0.228 e. The molecule has 2 heterocycles. The molecular weight excluding hydrogens is 333 g/mol. The highest BCUT2D eigenvalue weighted by Gasteiger charge is 2.48. The van der Waals surface area contributed by atoms with Gasteiger partial charge in [-0.2, -0.15) is 0 Å². The molecule has 1 amide bonds. The average molecular weight is 346 g/mol. The molecule has 3 nitrogen and oxygen atoms in total.